The third-order valence-electron chi connectivity index (χ3n) is 10.3. The van der Waals surface area contributed by atoms with Crippen molar-refractivity contribution >= 4 is 21.9 Å². The van der Waals surface area contributed by atoms with E-state index in [9.17, 15) is 19.8 Å². The summed E-state index contributed by atoms with van der Waals surface area (Å²) in [6, 6.07) is 31.5. The highest BCUT2D eigenvalue weighted by molar-refractivity contribution is 5.80. The van der Waals surface area contributed by atoms with Gasteiger partial charge in [0.2, 0.25) is 0 Å². The molecule has 5 heterocycles. The van der Waals surface area contributed by atoms with Crippen molar-refractivity contribution in [3.8, 4) is 22.9 Å². The monoisotopic (exact) mass is 856 g/mol. The summed E-state index contributed by atoms with van der Waals surface area (Å²) in [7, 11) is 1.49. The fourth-order valence-electron chi connectivity index (χ4n) is 7.23. The van der Waals surface area contributed by atoms with Gasteiger partial charge < -0.3 is 47.5 Å². The Morgan fingerprint density at radius 1 is 0.603 bits per heavy atom. The summed E-state index contributed by atoms with van der Waals surface area (Å²) in [5, 5.41) is 37.7. The van der Waals surface area contributed by atoms with Gasteiger partial charge in [-0.3, -0.25) is 0 Å². The number of fused-ring (bicyclic) bond motifs is 2. The minimum atomic E-state index is -0.992. The lowest BCUT2D eigenvalue weighted by molar-refractivity contribution is -0.323. The average Bonchev–Trinajstić information content (AvgIpc) is 3.97. The van der Waals surface area contributed by atoms with E-state index in [-0.39, 0.29) is 60.5 Å². The SMILES string of the molecule is CO[C@H]1O[C@H](COCc2ccccc2)[C@@H](OCc2ccccc2)[C@H](OCc2cn(-c3cc4ccc(O)cc4oc3=O)nn2)[C@@H]1OCc1cn(-c2cc3ccc(O)cc3oc2=O)nn1. The molecule has 0 amide bonds. The van der Waals surface area contributed by atoms with Gasteiger partial charge in [-0.25, -0.2) is 19.0 Å². The number of phenols is 2. The number of ether oxygens (including phenoxy) is 6. The fraction of sp³-hybridized carbons (Fsp3) is 0.244. The van der Waals surface area contributed by atoms with Crippen LogP contribution in [0.4, 0.5) is 0 Å². The molecule has 0 bridgehead atoms. The Morgan fingerprint density at radius 2 is 1.11 bits per heavy atom. The molecule has 2 N–H and O–H groups in total. The summed E-state index contributed by atoms with van der Waals surface area (Å²) in [5.74, 6) is -0.0734. The molecular formula is C45H40N6O12. The molecule has 4 aromatic heterocycles. The summed E-state index contributed by atoms with van der Waals surface area (Å²) < 4.78 is 51.9. The van der Waals surface area contributed by atoms with E-state index in [1.54, 1.807) is 30.5 Å². The standard InChI is InChI=1S/C45H40N6O12/c1-56-45-42(60-25-32-21-51(49-47-32)36-17-30-13-15-34(53)19-38(30)62-44(36)55)41(59-24-31-20-50(48-46-31)35-16-29-12-14-33(52)18-37(29)61-43(35)54)40(58-23-28-10-6-3-7-11-28)39(63-45)26-57-22-27-8-4-2-5-9-27/h2-21,39-42,45,52-53H,22-26H2,1H3/t39-,40-,41+,42+,45+/m1/s1. The largest absolute Gasteiger partial charge is 0.508 e. The summed E-state index contributed by atoms with van der Waals surface area (Å²) in [6.07, 6.45) is -1.24. The molecule has 0 aliphatic carbocycles. The van der Waals surface area contributed by atoms with Gasteiger partial charge in [0, 0.05) is 30.0 Å². The lowest BCUT2D eigenvalue weighted by atomic mass is 9.98. The topological polar surface area (TPSA) is 218 Å². The van der Waals surface area contributed by atoms with Crippen molar-refractivity contribution in [1.82, 2.24) is 30.0 Å². The van der Waals surface area contributed by atoms with Gasteiger partial charge in [0.1, 0.15) is 58.5 Å². The number of nitrogens with zero attached hydrogens (tertiary/aromatic N) is 6. The van der Waals surface area contributed by atoms with Crippen molar-refractivity contribution in [2.75, 3.05) is 13.7 Å². The first-order valence-corrected chi connectivity index (χ1v) is 19.8. The molecule has 9 rings (SSSR count). The minimum absolute atomic E-state index is 0.0367. The summed E-state index contributed by atoms with van der Waals surface area (Å²) in [5.41, 5.74) is 1.89. The second-order valence-corrected chi connectivity index (χ2v) is 14.7. The molecule has 4 aromatic carbocycles. The highest BCUT2D eigenvalue weighted by Crippen LogP contribution is 2.31. The van der Waals surface area contributed by atoms with E-state index in [1.165, 1.54) is 46.9 Å². The van der Waals surface area contributed by atoms with Crippen molar-refractivity contribution in [2.45, 2.75) is 57.1 Å². The molecule has 18 heteroatoms. The van der Waals surface area contributed by atoms with Crippen molar-refractivity contribution in [3.05, 3.63) is 165 Å². The van der Waals surface area contributed by atoms with Crippen LogP contribution >= 0.6 is 0 Å². The number of aromatic hydroxyl groups is 2. The number of phenolic OH excluding ortho intramolecular Hbond substituents is 2. The van der Waals surface area contributed by atoms with Gasteiger partial charge in [-0.05, 0) is 47.5 Å². The molecule has 1 aliphatic rings. The zero-order chi connectivity index (χ0) is 43.3. The maximum absolute atomic E-state index is 13.0. The van der Waals surface area contributed by atoms with Crippen LogP contribution in [0.2, 0.25) is 0 Å². The molecule has 1 fully saturated rings. The molecule has 0 unspecified atom stereocenters. The molecule has 1 saturated heterocycles. The maximum atomic E-state index is 13.0. The normalized spacial score (nSPS) is 18.9. The average molecular weight is 857 g/mol. The second kappa shape index (κ2) is 18.5. The van der Waals surface area contributed by atoms with Crippen molar-refractivity contribution in [2.24, 2.45) is 0 Å². The predicted octanol–water partition coefficient (Wildman–Crippen LogP) is 5.12. The van der Waals surface area contributed by atoms with Crippen LogP contribution in [0.25, 0.3) is 33.3 Å². The van der Waals surface area contributed by atoms with E-state index in [0.29, 0.717) is 28.8 Å². The lowest BCUT2D eigenvalue weighted by Gasteiger charge is -2.45. The van der Waals surface area contributed by atoms with E-state index in [2.05, 4.69) is 20.6 Å². The molecular weight excluding hydrogens is 817 g/mol. The van der Waals surface area contributed by atoms with Crippen LogP contribution < -0.4 is 11.3 Å². The van der Waals surface area contributed by atoms with Crippen LogP contribution in [-0.4, -0.2) is 84.6 Å². The number of rotatable bonds is 16. The molecule has 0 spiro atoms. The highest BCUT2D eigenvalue weighted by Gasteiger charge is 2.49. The van der Waals surface area contributed by atoms with Crippen LogP contribution in [0, 0.1) is 0 Å². The first-order chi connectivity index (χ1) is 30.8. The molecule has 0 radical (unpaired) electrons. The number of methoxy groups -OCH3 is 1. The van der Waals surface area contributed by atoms with Gasteiger partial charge in [-0.1, -0.05) is 71.1 Å². The zero-order valence-corrected chi connectivity index (χ0v) is 33.6. The van der Waals surface area contributed by atoms with Crippen molar-refractivity contribution in [1.29, 1.82) is 0 Å². The Kier molecular flexibility index (Phi) is 12.1. The Hall–Kier alpha value is -7.06. The van der Waals surface area contributed by atoms with Gasteiger partial charge >= 0.3 is 11.3 Å². The number of hydrogen-bond donors (Lipinski definition) is 2. The first kappa shape index (κ1) is 41.3. The Labute approximate surface area is 357 Å². The second-order valence-electron chi connectivity index (χ2n) is 14.7. The lowest BCUT2D eigenvalue weighted by Crippen LogP contribution is -2.61. The number of hydrogen-bond acceptors (Lipinski definition) is 16. The smallest absolute Gasteiger partial charge is 0.362 e. The Bertz CT molecular complexity index is 2940. The number of benzene rings is 4. The van der Waals surface area contributed by atoms with Gasteiger partial charge in [0.15, 0.2) is 17.7 Å². The minimum Gasteiger partial charge on any atom is -0.508 e. The van der Waals surface area contributed by atoms with Crippen molar-refractivity contribution < 1.29 is 47.5 Å². The van der Waals surface area contributed by atoms with Gasteiger partial charge in [0.25, 0.3) is 0 Å². The van der Waals surface area contributed by atoms with Crippen LogP contribution in [0.3, 0.4) is 0 Å². The molecule has 8 aromatic rings. The maximum Gasteiger partial charge on any atom is 0.362 e. The molecule has 5 atom stereocenters. The Balaban J connectivity index is 0.998. The molecule has 322 valence electrons. The van der Waals surface area contributed by atoms with E-state index in [4.69, 9.17) is 37.3 Å². The van der Waals surface area contributed by atoms with E-state index >= 15 is 0 Å². The van der Waals surface area contributed by atoms with Crippen molar-refractivity contribution in [3.63, 3.8) is 0 Å². The van der Waals surface area contributed by atoms with E-state index in [0.717, 1.165) is 11.1 Å². The van der Waals surface area contributed by atoms with Crippen LogP contribution in [-0.2, 0) is 54.8 Å². The molecule has 18 nitrogen and oxygen atoms in total. The first-order valence-electron chi connectivity index (χ1n) is 19.8. The quantitative estimate of drug-likeness (QED) is 0.121. The van der Waals surface area contributed by atoms with Crippen LogP contribution in [0.15, 0.2) is 140 Å². The van der Waals surface area contributed by atoms with Crippen LogP contribution in [0.5, 0.6) is 11.5 Å². The zero-order valence-electron chi connectivity index (χ0n) is 33.6. The Morgan fingerprint density at radius 3 is 1.65 bits per heavy atom. The number of aromatic nitrogens is 6. The summed E-state index contributed by atoms with van der Waals surface area (Å²) in [4.78, 5) is 25.9. The third-order valence-corrected chi connectivity index (χ3v) is 10.3. The molecule has 63 heavy (non-hydrogen) atoms. The van der Waals surface area contributed by atoms with E-state index in [1.807, 2.05) is 60.7 Å². The predicted molar refractivity (Wildman–Crippen MR) is 222 cm³/mol. The molecule has 0 saturated carbocycles. The fourth-order valence-corrected chi connectivity index (χ4v) is 7.23. The van der Waals surface area contributed by atoms with Gasteiger partial charge in [-0.15, -0.1) is 10.2 Å². The third kappa shape index (κ3) is 9.41. The molecule has 1 aliphatic heterocycles. The summed E-state index contributed by atoms with van der Waals surface area (Å²) >= 11 is 0. The van der Waals surface area contributed by atoms with Crippen LogP contribution in [0.1, 0.15) is 22.5 Å². The van der Waals surface area contributed by atoms with E-state index < -0.39 is 42.0 Å². The van der Waals surface area contributed by atoms with Gasteiger partial charge in [-0.2, -0.15) is 0 Å². The summed E-state index contributed by atoms with van der Waals surface area (Å²) in [6.45, 7) is 0.391. The van der Waals surface area contributed by atoms with Gasteiger partial charge in [0.05, 0.1) is 45.4 Å². The highest BCUT2D eigenvalue weighted by atomic mass is 16.7.